The van der Waals surface area contributed by atoms with E-state index in [2.05, 4.69) is 20.3 Å². The summed E-state index contributed by atoms with van der Waals surface area (Å²) in [7, 11) is 1.65. The molecule has 1 N–H and O–H groups in total. The van der Waals surface area contributed by atoms with Gasteiger partial charge in [-0.15, -0.1) is 0 Å². The van der Waals surface area contributed by atoms with Crippen LogP contribution in [0, 0.1) is 6.92 Å². The van der Waals surface area contributed by atoms with E-state index in [0.717, 1.165) is 17.7 Å². The Bertz CT molecular complexity index is 584. The van der Waals surface area contributed by atoms with E-state index >= 15 is 0 Å². The van der Waals surface area contributed by atoms with Crippen molar-refractivity contribution in [2.75, 3.05) is 19.0 Å². The van der Waals surface area contributed by atoms with E-state index in [1.54, 1.807) is 19.5 Å². The SMILES string of the molecule is COCCc1ccnc(NC(=O)c2cnc(C)cn2)c1. The lowest BCUT2D eigenvalue weighted by Crippen LogP contribution is -2.15. The Morgan fingerprint density at radius 1 is 1.30 bits per heavy atom. The highest BCUT2D eigenvalue weighted by Crippen LogP contribution is 2.09. The second kappa shape index (κ2) is 6.72. The largest absolute Gasteiger partial charge is 0.384 e. The number of rotatable bonds is 5. The predicted octanol–water partition coefficient (Wildman–Crippen LogP) is 1.62. The molecule has 0 saturated carbocycles. The molecule has 1 amide bonds. The van der Waals surface area contributed by atoms with Crippen LogP contribution >= 0.6 is 0 Å². The Balaban J connectivity index is 2.05. The van der Waals surface area contributed by atoms with Crippen LogP contribution in [0.1, 0.15) is 21.7 Å². The van der Waals surface area contributed by atoms with E-state index in [9.17, 15) is 4.79 Å². The van der Waals surface area contributed by atoms with Gasteiger partial charge >= 0.3 is 0 Å². The molecule has 6 heteroatoms. The number of methoxy groups -OCH3 is 1. The van der Waals surface area contributed by atoms with Gasteiger partial charge in [0, 0.05) is 19.5 Å². The second-order valence-electron chi connectivity index (χ2n) is 4.29. The summed E-state index contributed by atoms with van der Waals surface area (Å²) in [6.45, 7) is 2.44. The fraction of sp³-hybridized carbons (Fsp3) is 0.286. The summed E-state index contributed by atoms with van der Waals surface area (Å²) in [5, 5.41) is 2.70. The van der Waals surface area contributed by atoms with Crippen molar-refractivity contribution < 1.29 is 9.53 Å². The molecular weight excluding hydrogens is 256 g/mol. The molecule has 0 fully saturated rings. The van der Waals surface area contributed by atoms with Gasteiger partial charge in [-0.3, -0.25) is 9.78 Å². The van der Waals surface area contributed by atoms with E-state index in [1.165, 1.54) is 6.20 Å². The lowest BCUT2D eigenvalue weighted by Gasteiger charge is -2.06. The van der Waals surface area contributed by atoms with Gasteiger partial charge in [-0.25, -0.2) is 9.97 Å². The summed E-state index contributed by atoms with van der Waals surface area (Å²) in [5.74, 6) is 0.167. The van der Waals surface area contributed by atoms with Crippen molar-refractivity contribution in [3.63, 3.8) is 0 Å². The van der Waals surface area contributed by atoms with Gasteiger partial charge in [-0.1, -0.05) is 0 Å². The smallest absolute Gasteiger partial charge is 0.277 e. The summed E-state index contributed by atoms with van der Waals surface area (Å²) >= 11 is 0. The number of pyridine rings is 1. The minimum Gasteiger partial charge on any atom is -0.384 e. The van der Waals surface area contributed by atoms with Crippen molar-refractivity contribution in [2.45, 2.75) is 13.3 Å². The molecular formula is C14H16N4O2. The molecule has 0 aliphatic rings. The van der Waals surface area contributed by atoms with E-state index in [0.29, 0.717) is 12.4 Å². The average molecular weight is 272 g/mol. The van der Waals surface area contributed by atoms with Crippen molar-refractivity contribution in [1.82, 2.24) is 15.0 Å². The van der Waals surface area contributed by atoms with Gasteiger partial charge in [0.25, 0.3) is 5.91 Å². The zero-order valence-corrected chi connectivity index (χ0v) is 11.5. The maximum Gasteiger partial charge on any atom is 0.277 e. The van der Waals surface area contributed by atoms with Gasteiger partial charge in [0.05, 0.1) is 18.5 Å². The van der Waals surface area contributed by atoms with E-state index in [-0.39, 0.29) is 11.6 Å². The fourth-order valence-corrected chi connectivity index (χ4v) is 1.61. The van der Waals surface area contributed by atoms with Crippen LogP contribution in [0.3, 0.4) is 0 Å². The zero-order valence-electron chi connectivity index (χ0n) is 11.5. The third-order valence-electron chi connectivity index (χ3n) is 2.67. The lowest BCUT2D eigenvalue weighted by molar-refractivity contribution is 0.102. The molecule has 0 bridgehead atoms. The highest BCUT2D eigenvalue weighted by molar-refractivity contribution is 6.02. The summed E-state index contributed by atoms with van der Waals surface area (Å²) in [6.07, 6.45) is 5.42. The number of hydrogen-bond donors (Lipinski definition) is 1. The molecule has 20 heavy (non-hydrogen) atoms. The molecule has 0 saturated heterocycles. The molecule has 0 aromatic carbocycles. The number of aromatic nitrogens is 3. The Morgan fingerprint density at radius 2 is 2.15 bits per heavy atom. The summed E-state index contributed by atoms with van der Waals surface area (Å²) in [5.41, 5.74) is 2.08. The summed E-state index contributed by atoms with van der Waals surface area (Å²) in [4.78, 5) is 24.1. The molecule has 0 aliphatic heterocycles. The minimum absolute atomic E-state index is 0.264. The van der Waals surface area contributed by atoms with Gasteiger partial charge in [0.2, 0.25) is 0 Å². The third kappa shape index (κ3) is 3.83. The Morgan fingerprint density at radius 3 is 2.85 bits per heavy atom. The third-order valence-corrected chi connectivity index (χ3v) is 2.67. The molecule has 0 aliphatic carbocycles. The van der Waals surface area contributed by atoms with Crippen LogP contribution < -0.4 is 5.32 Å². The second-order valence-corrected chi connectivity index (χ2v) is 4.29. The minimum atomic E-state index is -0.325. The molecule has 2 heterocycles. The van der Waals surface area contributed by atoms with Gasteiger partial charge in [0.1, 0.15) is 11.5 Å². The van der Waals surface area contributed by atoms with Crippen LogP contribution in [0.15, 0.2) is 30.7 Å². The molecule has 0 atom stereocenters. The van der Waals surface area contributed by atoms with Gasteiger partial charge in [-0.05, 0) is 31.0 Å². The number of amides is 1. The van der Waals surface area contributed by atoms with Crippen LogP contribution in [0.4, 0.5) is 5.82 Å². The Hall–Kier alpha value is -2.34. The summed E-state index contributed by atoms with van der Waals surface area (Å²) < 4.78 is 5.02. The topological polar surface area (TPSA) is 77.0 Å². The van der Waals surface area contributed by atoms with Crippen molar-refractivity contribution in [3.05, 3.63) is 47.7 Å². The van der Waals surface area contributed by atoms with E-state index in [4.69, 9.17) is 4.74 Å². The quantitative estimate of drug-likeness (QED) is 0.895. The maximum absolute atomic E-state index is 12.0. The predicted molar refractivity (Wildman–Crippen MR) is 74.5 cm³/mol. The monoisotopic (exact) mass is 272 g/mol. The number of anilines is 1. The number of aryl methyl sites for hydroxylation is 1. The molecule has 2 aromatic heterocycles. The first-order valence-corrected chi connectivity index (χ1v) is 6.23. The number of carbonyl (C=O) groups excluding carboxylic acids is 1. The fourth-order valence-electron chi connectivity index (χ4n) is 1.61. The Kier molecular flexibility index (Phi) is 4.73. The number of nitrogens with zero attached hydrogens (tertiary/aromatic N) is 3. The Labute approximate surface area is 117 Å². The van der Waals surface area contributed by atoms with Crippen molar-refractivity contribution in [1.29, 1.82) is 0 Å². The van der Waals surface area contributed by atoms with Crippen molar-refractivity contribution >= 4 is 11.7 Å². The van der Waals surface area contributed by atoms with Crippen molar-refractivity contribution in [3.8, 4) is 0 Å². The normalized spacial score (nSPS) is 10.3. The molecule has 2 aromatic rings. The van der Waals surface area contributed by atoms with Crippen LogP contribution in [-0.2, 0) is 11.2 Å². The highest BCUT2D eigenvalue weighted by Gasteiger charge is 2.09. The molecule has 0 spiro atoms. The number of ether oxygens (including phenoxy) is 1. The first-order valence-electron chi connectivity index (χ1n) is 6.23. The van der Waals surface area contributed by atoms with E-state index in [1.807, 2.05) is 19.1 Å². The van der Waals surface area contributed by atoms with Gasteiger partial charge in [-0.2, -0.15) is 0 Å². The van der Waals surface area contributed by atoms with Crippen LogP contribution in [0.2, 0.25) is 0 Å². The van der Waals surface area contributed by atoms with Gasteiger partial charge in [0.15, 0.2) is 0 Å². The molecule has 104 valence electrons. The average Bonchev–Trinajstić information content (AvgIpc) is 2.46. The zero-order chi connectivity index (χ0) is 14.4. The number of hydrogen-bond acceptors (Lipinski definition) is 5. The molecule has 6 nitrogen and oxygen atoms in total. The molecule has 2 rings (SSSR count). The van der Waals surface area contributed by atoms with Gasteiger partial charge < -0.3 is 10.1 Å². The summed E-state index contributed by atoms with van der Waals surface area (Å²) in [6, 6.07) is 3.71. The standard InChI is InChI=1S/C14H16N4O2/c1-10-8-17-12(9-16-10)14(19)18-13-7-11(3-5-15-13)4-6-20-2/h3,5,7-9H,4,6H2,1-2H3,(H,15,18,19). The van der Waals surface area contributed by atoms with Crippen LogP contribution in [0.5, 0.6) is 0 Å². The number of carbonyl (C=O) groups is 1. The molecule has 0 radical (unpaired) electrons. The first-order chi connectivity index (χ1) is 9.69. The van der Waals surface area contributed by atoms with Crippen molar-refractivity contribution in [2.24, 2.45) is 0 Å². The van der Waals surface area contributed by atoms with Crippen LogP contribution in [-0.4, -0.2) is 34.6 Å². The first kappa shape index (κ1) is 14.1. The lowest BCUT2D eigenvalue weighted by atomic mass is 10.2. The number of nitrogens with one attached hydrogen (secondary N) is 1. The molecule has 0 unspecified atom stereocenters. The highest BCUT2D eigenvalue weighted by atomic mass is 16.5. The maximum atomic E-state index is 12.0. The van der Waals surface area contributed by atoms with Crippen LogP contribution in [0.25, 0.3) is 0 Å². The van der Waals surface area contributed by atoms with E-state index < -0.39 is 0 Å².